The first-order valence-corrected chi connectivity index (χ1v) is 10.1. The van der Waals surface area contributed by atoms with E-state index in [-0.39, 0.29) is 12.1 Å². The van der Waals surface area contributed by atoms with E-state index in [1.165, 1.54) is 33.3 Å². The van der Waals surface area contributed by atoms with Crippen molar-refractivity contribution in [1.82, 2.24) is 19.7 Å². The van der Waals surface area contributed by atoms with Crippen LogP contribution in [0.3, 0.4) is 0 Å². The average molecular weight is 437 g/mol. The number of carbonyl (C=O) groups is 1. The van der Waals surface area contributed by atoms with Crippen LogP contribution in [0, 0.1) is 0 Å². The fourth-order valence-corrected chi connectivity index (χ4v) is 4.55. The molecule has 0 spiro atoms. The highest BCUT2D eigenvalue weighted by atomic mass is 35.5. The average Bonchev–Trinajstić information content (AvgIpc) is 3.27. The summed E-state index contributed by atoms with van der Waals surface area (Å²) in [5, 5.41) is 4.90. The molecule has 6 nitrogen and oxygen atoms in total. The zero-order valence-corrected chi connectivity index (χ0v) is 16.6. The highest BCUT2D eigenvalue weighted by Gasteiger charge is 2.17. The molecule has 0 atom stereocenters. The molecular weight excluding hydrogens is 427 g/mol. The molecule has 0 bridgehead atoms. The molecule has 1 amide bonds. The summed E-state index contributed by atoms with van der Waals surface area (Å²) < 4.78 is 2.06. The van der Waals surface area contributed by atoms with Crippen LogP contribution in [0.15, 0.2) is 46.8 Å². The number of pyridine rings is 1. The lowest BCUT2D eigenvalue weighted by atomic mass is 10.2. The predicted octanol–water partition coefficient (Wildman–Crippen LogP) is 4.12. The Kier molecular flexibility index (Phi) is 4.96. The fourth-order valence-electron chi connectivity index (χ4n) is 2.46. The molecule has 0 saturated carbocycles. The molecule has 4 aromatic heterocycles. The second-order valence-electron chi connectivity index (χ2n) is 5.49. The van der Waals surface area contributed by atoms with Crippen molar-refractivity contribution in [2.24, 2.45) is 0 Å². The van der Waals surface area contributed by atoms with Crippen molar-refractivity contribution in [3.05, 3.63) is 73.0 Å². The van der Waals surface area contributed by atoms with Gasteiger partial charge in [0, 0.05) is 24.3 Å². The molecule has 0 saturated heterocycles. The van der Waals surface area contributed by atoms with Crippen molar-refractivity contribution >= 4 is 56.7 Å². The van der Waals surface area contributed by atoms with Gasteiger partial charge in [0.1, 0.15) is 10.7 Å². The van der Waals surface area contributed by atoms with E-state index in [1.807, 2.05) is 11.4 Å². The minimum Gasteiger partial charge on any atom is -0.348 e. The van der Waals surface area contributed by atoms with Gasteiger partial charge in [0.15, 0.2) is 4.96 Å². The van der Waals surface area contributed by atoms with Crippen LogP contribution >= 0.6 is 45.9 Å². The maximum absolute atomic E-state index is 12.9. The monoisotopic (exact) mass is 436 g/mol. The first-order chi connectivity index (χ1) is 13.0. The van der Waals surface area contributed by atoms with E-state index in [9.17, 15) is 9.59 Å². The second-order valence-corrected chi connectivity index (χ2v) is 8.43. The zero-order chi connectivity index (χ0) is 19.0. The molecule has 0 unspecified atom stereocenters. The smallest absolute Gasteiger partial charge is 0.271 e. The predicted molar refractivity (Wildman–Crippen MR) is 108 cm³/mol. The minimum atomic E-state index is -0.502. The highest BCUT2D eigenvalue weighted by Crippen LogP contribution is 2.32. The summed E-state index contributed by atoms with van der Waals surface area (Å²) in [4.78, 5) is 34.9. The SMILES string of the molecule is O=C(NCc1ccc(Cl)nc1)c1cnc2scc(-c3ccc(Cl)s3)n2c1=O. The minimum absolute atomic E-state index is 0.0308. The van der Waals surface area contributed by atoms with Gasteiger partial charge < -0.3 is 5.32 Å². The third-order valence-corrected chi connectivity index (χ3v) is 6.07. The largest absolute Gasteiger partial charge is 0.348 e. The normalized spacial score (nSPS) is 11.0. The number of rotatable bonds is 4. The van der Waals surface area contributed by atoms with Crippen LogP contribution < -0.4 is 10.9 Å². The van der Waals surface area contributed by atoms with E-state index >= 15 is 0 Å². The second kappa shape index (κ2) is 7.40. The summed E-state index contributed by atoms with van der Waals surface area (Å²) in [5.74, 6) is -0.502. The van der Waals surface area contributed by atoms with Gasteiger partial charge in [-0.15, -0.1) is 22.7 Å². The van der Waals surface area contributed by atoms with E-state index in [1.54, 1.807) is 24.4 Å². The van der Waals surface area contributed by atoms with E-state index in [0.717, 1.165) is 10.4 Å². The molecule has 27 heavy (non-hydrogen) atoms. The zero-order valence-electron chi connectivity index (χ0n) is 13.5. The molecule has 4 rings (SSSR count). The Hall–Kier alpha value is -2.26. The topological polar surface area (TPSA) is 76.4 Å². The number of hydrogen-bond donors (Lipinski definition) is 1. The van der Waals surface area contributed by atoms with Crippen LogP contribution in [0.4, 0.5) is 0 Å². The lowest BCUT2D eigenvalue weighted by molar-refractivity contribution is 0.0949. The van der Waals surface area contributed by atoms with Gasteiger partial charge in [-0.1, -0.05) is 29.3 Å². The Bertz CT molecular complexity index is 1200. The van der Waals surface area contributed by atoms with Crippen molar-refractivity contribution in [1.29, 1.82) is 0 Å². The molecule has 0 aromatic carbocycles. The number of thiazole rings is 1. The van der Waals surface area contributed by atoms with E-state index < -0.39 is 11.5 Å². The van der Waals surface area contributed by atoms with Crippen LogP contribution in [0.2, 0.25) is 9.49 Å². The number of hydrogen-bond acceptors (Lipinski definition) is 6. The summed E-state index contributed by atoms with van der Waals surface area (Å²) in [7, 11) is 0. The molecule has 4 heterocycles. The molecule has 0 aliphatic rings. The van der Waals surface area contributed by atoms with E-state index in [0.29, 0.717) is 20.1 Å². The third-order valence-electron chi connectivity index (χ3n) is 3.76. The fraction of sp³-hybridized carbons (Fsp3) is 0.0588. The number of amides is 1. The first-order valence-electron chi connectivity index (χ1n) is 7.66. The van der Waals surface area contributed by atoms with Gasteiger partial charge in [0.2, 0.25) is 0 Å². The summed E-state index contributed by atoms with van der Waals surface area (Å²) in [6.07, 6.45) is 2.86. The van der Waals surface area contributed by atoms with Gasteiger partial charge in [0.25, 0.3) is 11.5 Å². The van der Waals surface area contributed by atoms with Gasteiger partial charge in [-0.2, -0.15) is 0 Å². The molecule has 0 aliphatic carbocycles. The Labute approximate surface area is 171 Å². The maximum Gasteiger partial charge on any atom is 0.271 e. The lowest BCUT2D eigenvalue weighted by Gasteiger charge is -2.06. The maximum atomic E-state index is 12.9. The number of aromatic nitrogens is 3. The summed E-state index contributed by atoms with van der Waals surface area (Å²) in [6.45, 7) is 0.224. The van der Waals surface area contributed by atoms with Crippen LogP contribution in [0.1, 0.15) is 15.9 Å². The Morgan fingerprint density at radius 1 is 1.15 bits per heavy atom. The molecule has 10 heteroatoms. The van der Waals surface area contributed by atoms with Crippen molar-refractivity contribution in [2.45, 2.75) is 6.54 Å². The molecule has 136 valence electrons. The molecule has 0 aliphatic heterocycles. The van der Waals surface area contributed by atoms with Crippen molar-refractivity contribution < 1.29 is 4.79 Å². The molecular formula is C17H10Cl2N4O2S2. The van der Waals surface area contributed by atoms with Crippen molar-refractivity contribution in [2.75, 3.05) is 0 Å². The number of carbonyl (C=O) groups excluding carboxylic acids is 1. The van der Waals surface area contributed by atoms with Crippen molar-refractivity contribution in [3.8, 4) is 10.6 Å². The first kappa shape index (κ1) is 18.1. The van der Waals surface area contributed by atoms with Crippen LogP contribution in [-0.4, -0.2) is 20.3 Å². The molecule has 0 radical (unpaired) electrons. The van der Waals surface area contributed by atoms with E-state index in [4.69, 9.17) is 23.2 Å². The molecule has 4 aromatic rings. The van der Waals surface area contributed by atoms with Crippen LogP contribution in [0.5, 0.6) is 0 Å². The number of nitrogens with one attached hydrogen (secondary N) is 1. The van der Waals surface area contributed by atoms with Gasteiger partial charge in [0.05, 0.1) is 14.9 Å². The molecule has 1 N–H and O–H groups in total. The lowest BCUT2D eigenvalue weighted by Crippen LogP contribution is -2.31. The summed E-state index contributed by atoms with van der Waals surface area (Å²) in [6, 6.07) is 6.98. The number of nitrogens with zero attached hydrogens (tertiary/aromatic N) is 3. The Balaban J connectivity index is 1.65. The van der Waals surface area contributed by atoms with Gasteiger partial charge in [-0.25, -0.2) is 14.4 Å². The summed E-state index contributed by atoms with van der Waals surface area (Å²) in [5.41, 5.74) is 0.983. The third kappa shape index (κ3) is 3.61. The number of thiophene rings is 1. The molecule has 0 fully saturated rings. The van der Waals surface area contributed by atoms with Crippen molar-refractivity contribution in [3.63, 3.8) is 0 Å². The highest BCUT2D eigenvalue weighted by molar-refractivity contribution is 7.20. The van der Waals surface area contributed by atoms with Crippen LogP contribution in [-0.2, 0) is 6.54 Å². The number of halogens is 2. The van der Waals surface area contributed by atoms with Gasteiger partial charge >= 0.3 is 0 Å². The van der Waals surface area contributed by atoms with Gasteiger partial charge in [-0.05, 0) is 23.8 Å². The summed E-state index contributed by atoms with van der Waals surface area (Å²) >= 11 is 14.4. The van der Waals surface area contributed by atoms with E-state index in [2.05, 4.69) is 15.3 Å². The van der Waals surface area contributed by atoms with Crippen LogP contribution in [0.25, 0.3) is 15.5 Å². The van der Waals surface area contributed by atoms with Gasteiger partial charge in [-0.3, -0.25) is 9.59 Å². The Morgan fingerprint density at radius 3 is 2.70 bits per heavy atom. The standard InChI is InChI=1S/C17H10Cl2N4O2S2/c18-13-3-1-9(5-20-13)6-21-15(24)10-7-22-17-23(16(10)25)11(8-26-17)12-2-4-14(19)27-12/h1-5,7-8H,6H2,(H,21,24). The number of fused-ring (bicyclic) bond motifs is 1. The Morgan fingerprint density at radius 2 is 2.00 bits per heavy atom. The quantitative estimate of drug-likeness (QED) is 0.488.